The van der Waals surface area contributed by atoms with E-state index in [9.17, 15) is 9.90 Å². The van der Waals surface area contributed by atoms with Gasteiger partial charge in [0, 0.05) is 19.0 Å². The highest BCUT2D eigenvalue weighted by Gasteiger charge is 2.48. The third-order valence-corrected chi connectivity index (χ3v) is 4.72. The molecule has 0 bridgehead atoms. The van der Waals surface area contributed by atoms with Crippen LogP contribution >= 0.6 is 0 Å². The van der Waals surface area contributed by atoms with Crippen LogP contribution in [0.3, 0.4) is 0 Å². The van der Waals surface area contributed by atoms with Crippen molar-refractivity contribution in [3.8, 4) is 0 Å². The van der Waals surface area contributed by atoms with Gasteiger partial charge in [0.15, 0.2) is 0 Å². The molecule has 17 heavy (non-hydrogen) atoms. The van der Waals surface area contributed by atoms with Crippen LogP contribution in [0.25, 0.3) is 0 Å². The molecule has 1 saturated carbocycles. The number of rotatable bonds is 3. The summed E-state index contributed by atoms with van der Waals surface area (Å²) in [6.45, 7) is 7.89. The van der Waals surface area contributed by atoms with Crippen LogP contribution in [-0.4, -0.2) is 34.6 Å². The first-order valence-corrected chi connectivity index (χ1v) is 6.95. The molecule has 3 heteroatoms. The second-order valence-corrected chi connectivity index (χ2v) is 6.24. The van der Waals surface area contributed by atoms with Crippen molar-refractivity contribution >= 4 is 5.91 Å². The fourth-order valence-electron chi connectivity index (χ4n) is 2.75. The van der Waals surface area contributed by atoms with Crippen molar-refractivity contribution in [3.05, 3.63) is 0 Å². The van der Waals surface area contributed by atoms with Gasteiger partial charge in [0.25, 0.3) is 0 Å². The predicted octanol–water partition coefficient (Wildman–Crippen LogP) is 2.04. The standard InChI is InChI=1S/C14H25NO2/c1-10(2)11(3)13(16)15-8-4-12(5-9-15)14(17)6-7-14/h10-12,17H,4-9H2,1-3H3. The average molecular weight is 239 g/mol. The van der Waals surface area contributed by atoms with Crippen molar-refractivity contribution in [2.45, 2.75) is 52.1 Å². The summed E-state index contributed by atoms with van der Waals surface area (Å²) in [5.74, 6) is 1.26. The van der Waals surface area contributed by atoms with E-state index in [1.807, 2.05) is 11.8 Å². The molecule has 0 aromatic carbocycles. The van der Waals surface area contributed by atoms with Gasteiger partial charge in [0.05, 0.1) is 5.60 Å². The fourth-order valence-corrected chi connectivity index (χ4v) is 2.75. The highest BCUT2D eigenvalue weighted by molar-refractivity contribution is 5.78. The third-order valence-electron chi connectivity index (χ3n) is 4.72. The molecule has 2 rings (SSSR count). The Morgan fingerprint density at radius 3 is 2.18 bits per heavy atom. The van der Waals surface area contributed by atoms with E-state index >= 15 is 0 Å². The van der Waals surface area contributed by atoms with Crippen LogP contribution in [0.15, 0.2) is 0 Å². The smallest absolute Gasteiger partial charge is 0.225 e. The molecule has 2 fully saturated rings. The maximum atomic E-state index is 12.2. The van der Waals surface area contributed by atoms with Crippen LogP contribution in [0.4, 0.5) is 0 Å². The number of carbonyl (C=O) groups excluding carboxylic acids is 1. The van der Waals surface area contributed by atoms with Crippen molar-refractivity contribution < 1.29 is 9.90 Å². The molecule has 3 nitrogen and oxygen atoms in total. The Bertz CT molecular complexity index is 289. The van der Waals surface area contributed by atoms with E-state index < -0.39 is 0 Å². The molecule has 1 aliphatic heterocycles. The molecular weight excluding hydrogens is 214 g/mol. The summed E-state index contributed by atoms with van der Waals surface area (Å²) < 4.78 is 0. The zero-order chi connectivity index (χ0) is 12.6. The SMILES string of the molecule is CC(C)C(C)C(=O)N1CCC(C2(O)CC2)CC1. The van der Waals surface area contributed by atoms with E-state index in [4.69, 9.17) is 0 Å². The number of hydrogen-bond donors (Lipinski definition) is 1. The van der Waals surface area contributed by atoms with Crippen molar-refractivity contribution in [1.82, 2.24) is 4.90 Å². The van der Waals surface area contributed by atoms with Gasteiger partial charge in [0.1, 0.15) is 0 Å². The van der Waals surface area contributed by atoms with Crippen LogP contribution in [0, 0.1) is 17.8 Å². The van der Waals surface area contributed by atoms with Crippen LogP contribution < -0.4 is 0 Å². The van der Waals surface area contributed by atoms with Gasteiger partial charge in [-0.25, -0.2) is 0 Å². The number of aliphatic hydroxyl groups is 1. The van der Waals surface area contributed by atoms with Gasteiger partial charge in [0.2, 0.25) is 5.91 Å². The lowest BCUT2D eigenvalue weighted by molar-refractivity contribution is -0.138. The lowest BCUT2D eigenvalue weighted by Crippen LogP contribution is -2.44. The summed E-state index contributed by atoms with van der Waals surface area (Å²) in [6, 6.07) is 0. The Hall–Kier alpha value is -0.570. The van der Waals surface area contributed by atoms with E-state index in [2.05, 4.69) is 13.8 Å². The Labute approximate surface area is 104 Å². The molecule has 1 amide bonds. The van der Waals surface area contributed by atoms with Gasteiger partial charge in [-0.05, 0) is 37.5 Å². The molecule has 1 heterocycles. The first-order chi connectivity index (χ1) is 7.94. The Morgan fingerprint density at radius 2 is 1.76 bits per heavy atom. The first kappa shape index (κ1) is 12.9. The van der Waals surface area contributed by atoms with Gasteiger partial charge in [-0.3, -0.25) is 4.79 Å². The second kappa shape index (κ2) is 4.60. The molecule has 1 atom stereocenters. The van der Waals surface area contributed by atoms with E-state index in [0.717, 1.165) is 38.8 Å². The third kappa shape index (κ3) is 2.65. The molecule has 1 aliphatic carbocycles. The minimum atomic E-state index is -0.362. The second-order valence-electron chi connectivity index (χ2n) is 6.24. The molecule has 0 radical (unpaired) electrons. The molecule has 0 spiro atoms. The molecule has 2 aliphatic rings. The maximum absolute atomic E-state index is 12.2. The quantitative estimate of drug-likeness (QED) is 0.819. The Kier molecular flexibility index (Phi) is 3.48. The van der Waals surface area contributed by atoms with Gasteiger partial charge in [-0.2, -0.15) is 0 Å². The fraction of sp³-hybridized carbons (Fsp3) is 0.929. The Balaban J connectivity index is 1.84. The average Bonchev–Trinajstić information content (AvgIpc) is 3.07. The molecule has 0 aromatic heterocycles. The largest absolute Gasteiger partial charge is 0.390 e. The maximum Gasteiger partial charge on any atom is 0.225 e. The van der Waals surface area contributed by atoms with Crippen molar-refractivity contribution in [2.75, 3.05) is 13.1 Å². The highest BCUT2D eigenvalue weighted by Crippen LogP contribution is 2.46. The highest BCUT2D eigenvalue weighted by atomic mass is 16.3. The zero-order valence-corrected chi connectivity index (χ0v) is 11.3. The van der Waals surface area contributed by atoms with Crippen LogP contribution in [0.1, 0.15) is 46.5 Å². The number of likely N-dealkylation sites (tertiary alicyclic amines) is 1. The van der Waals surface area contributed by atoms with Crippen LogP contribution in [0.2, 0.25) is 0 Å². The summed E-state index contributed by atoms with van der Waals surface area (Å²) in [5.41, 5.74) is -0.362. The molecule has 1 unspecified atom stereocenters. The zero-order valence-electron chi connectivity index (χ0n) is 11.3. The van der Waals surface area contributed by atoms with Gasteiger partial charge in [-0.1, -0.05) is 20.8 Å². The number of hydrogen-bond acceptors (Lipinski definition) is 2. The minimum absolute atomic E-state index is 0.121. The van der Waals surface area contributed by atoms with Crippen molar-refractivity contribution in [3.63, 3.8) is 0 Å². The molecule has 0 aromatic rings. The normalized spacial score (nSPS) is 26.1. The lowest BCUT2D eigenvalue weighted by atomic mass is 9.88. The summed E-state index contributed by atoms with van der Waals surface area (Å²) in [5, 5.41) is 10.1. The van der Waals surface area contributed by atoms with E-state index in [0.29, 0.717) is 17.7 Å². The number of nitrogens with zero attached hydrogens (tertiary/aromatic N) is 1. The lowest BCUT2D eigenvalue weighted by Gasteiger charge is -2.36. The van der Waals surface area contributed by atoms with Gasteiger partial charge < -0.3 is 10.0 Å². The first-order valence-electron chi connectivity index (χ1n) is 6.95. The van der Waals surface area contributed by atoms with Crippen molar-refractivity contribution in [1.29, 1.82) is 0 Å². The van der Waals surface area contributed by atoms with Crippen molar-refractivity contribution in [2.24, 2.45) is 17.8 Å². The topological polar surface area (TPSA) is 40.5 Å². The van der Waals surface area contributed by atoms with Gasteiger partial charge in [-0.15, -0.1) is 0 Å². The van der Waals surface area contributed by atoms with Crippen LogP contribution in [0.5, 0.6) is 0 Å². The Morgan fingerprint density at radius 1 is 1.24 bits per heavy atom. The van der Waals surface area contributed by atoms with Crippen LogP contribution in [-0.2, 0) is 4.79 Å². The van der Waals surface area contributed by atoms with E-state index in [-0.39, 0.29) is 11.5 Å². The predicted molar refractivity (Wildman–Crippen MR) is 67.5 cm³/mol. The summed E-state index contributed by atoms with van der Waals surface area (Å²) >= 11 is 0. The molecule has 1 saturated heterocycles. The molecule has 1 N–H and O–H groups in total. The summed E-state index contributed by atoms with van der Waals surface area (Å²) in [4.78, 5) is 14.2. The number of amides is 1. The van der Waals surface area contributed by atoms with Gasteiger partial charge >= 0.3 is 0 Å². The summed E-state index contributed by atoms with van der Waals surface area (Å²) in [7, 11) is 0. The summed E-state index contributed by atoms with van der Waals surface area (Å²) in [6.07, 6.45) is 3.89. The number of piperidine rings is 1. The van der Waals surface area contributed by atoms with E-state index in [1.165, 1.54) is 0 Å². The molecule has 98 valence electrons. The minimum Gasteiger partial charge on any atom is -0.390 e. The number of carbonyl (C=O) groups is 1. The molecular formula is C14H25NO2. The van der Waals surface area contributed by atoms with E-state index in [1.54, 1.807) is 0 Å². The monoisotopic (exact) mass is 239 g/mol.